The average Bonchev–Trinajstić information content (AvgIpc) is 2.02. The van der Waals surface area contributed by atoms with E-state index in [0.29, 0.717) is 17.9 Å². The van der Waals surface area contributed by atoms with Gasteiger partial charge in [-0.05, 0) is 246 Å². The first-order valence-electron chi connectivity index (χ1n) is 34.3. The molecule has 0 aliphatic carbocycles. The van der Waals surface area contributed by atoms with Gasteiger partial charge in [-0.15, -0.1) is 0 Å². The number of hydrogen-bond donors (Lipinski definition) is 7. The molecule has 6 heterocycles. The van der Waals surface area contributed by atoms with Crippen molar-refractivity contribution in [3.05, 3.63) is 6.33 Å². The summed E-state index contributed by atoms with van der Waals surface area (Å²) in [5, 5.41) is 27.4. The lowest BCUT2D eigenvalue weighted by atomic mass is 9.79. The zero-order chi connectivity index (χ0) is 64.4. The number of unbranched alkanes of at least 4 members (excludes halogenated alkanes) is 6. The summed E-state index contributed by atoms with van der Waals surface area (Å²) in [5.41, 5.74) is -0.196. The number of piperidine rings is 4. The van der Waals surface area contributed by atoms with Crippen LogP contribution >= 0.6 is 0 Å². The van der Waals surface area contributed by atoms with Crippen LogP contribution in [0.15, 0.2) is 6.33 Å². The Morgan fingerprint density at radius 1 is 0.384 bits per heavy atom. The van der Waals surface area contributed by atoms with Gasteiger partial charge in [0.1, 0.15) is 6.33 Å². The Labute approximate surface area is 527 Å². The molecule has 4 fully saturated rings. The number of nitrogens with one attached hydrogen (secondary N) is 7. The average molecular weight is 1200 g/mol. The second-order valence-electron chi connectivity index (χ2n) is 37.1. The molecule has 7 N–H and O–H groups in total. The summed E-state index contributed by atoms with van der Waals surface area (Å²) in [6, 6.07) is 1.31. The Bertz CT molecular complexity index is 2400. The van der Waals surface area contributed by atoms with E-state index in [2.05, 4.69) is 237 Å². The second kappa shape index (κ2) is 27.0. The molecule has 4 saturated heterocycles. The van der Waals surface area contributed by atoms with Crippen LogP contribution in [0.3, 0.4) is 0 Å². The number of hydrogen-bond acceptors (Lipinski definition) is 16. The summed E-state index contributed by atoms with van der Waals surface area (Å²) < 4.78 is 0. The van der Waals surface area contributed by atoms with Gasteiger partial charge in [-0.2, -0.15) is 19.9 Å². The van der Waals surface area contributed by atoms with Crippen LogP contribution in [-0.2, 0) is 0 Å². The molecule has 86 heavy (non-hydrogen) atoms. The second-order valence-corrected chi connectivity index (χ2v) is 37.1. The van der Waals surface area contributed by atoms with E-state index in [1.165, 1.54) is 19.3 Å². The van der Waals surface area contributed by atoms with E-state index >= 15 is 0 Å². The van der Waals surface area contributed by atoms with Crippen molar-refractivity contribution >= 4 is 29.7 Å². The van der Waals surface area contributed by atoms with E-state index in [0.717, 1.165) is 140 Å². The highest BCUT2D eigenvalue weighted by Crippen LogP contribution is 2.40. The third-order valence-electron chi connectivity index (χ3n) is 18.1. The SMILES string of the molecule is CC(C)(C)CC(C)(C)Nc1ncnc(N(CCCCCCN(c2nc(NC(C)(C)CC(C)(C)C)nc(N(CCCCCCNC3CC(C)(C)NC(C)(C)C3)C3CC(C)(C)NC(C)(C)C3)n2)C2CC(C)(C)NC(C)(C)C2)C2CC(C)(C)NC(C)(C)C2)n1. The van der Waals surface area contributed by atoms with Gasteiger partial charge in [-0.25, -0.2) is 9.97 Å². The van der Waals surface area contributed by atoms with Gasteiger partial charge >= 0.3 is 0 Å². The summed E-state index contributed by atoms with van der Waals surface area (Å²) in [6.07, 6.45) is 20.9. The van der Waals surface area contributed by atoms with Gasteiger partial charge in [0.25, 0.3) is 0 Å². The quantitative estimate of drug-likeness (QED) is 0.0421. The monoisotopic (exact) mass is 1200 g/mol. The zero-order valence-electron chi connectivity index (χ0n) is 60.5. The molecule has 2 aromatic rings. The standard InChI is InChI=1S/C70H134N16/c1-59(2,3)47-69(23,24)78-54-72-49-73-56(74-54)84(51-41-63(11,12)81-64(13,14)42-51)36-33-29-30-34-38-86(53-45-67(19,20)83-68(21,22)46-53)58-76-55(79-70(25,26)48-60(4,5)6)75-57(77-58)85(52-43-65(15,16)82-66(17,18)44-52)37-32-28-27-31-35-71-50-39-61(7,8)80-62(9,10)40-50/h49-53,71,80-83H,27-48H2,1-26H3,(H,72,73,74,78)(H,75,76,77,79). The van der Waals surface area contributed by atoms with Crippen LogP contribution < -0.4 is 51.9 Å². The highest BCUT2D eigenvalue weighted by atomic mass is 15.4. The van der Waals surface area contributed by atoms with Crippen molar-refractivity contribution in [1.29, 1.82) is 0 Å². The van der Waals surface area contributed by atoms with Crippen molar-refractivity contribution in [3.8, 4) is 0 Å². The largest absolute Gasteiger partial charge is 0.349 e. The van der Waals surface area contributed by atoms with Crippen molar-refractivity contribution in [2.45, 2.75) is 375 Å². The molecule has 0 radical (unpaired) electrons. The molecule has 16 heteroatoms. The molecule has 0 amide bonds. The van der Waals surface area contributed by atoms with E-state index in [1.54, 1.807) is 6.33 Å². The first kappa shape index (κ1) is 71.9. The molecule has 0 atom stereocenters. The summed E-state index contributed by atoms with van der Waals surface area (Å²) in [4.78, 5) is 39.5. The molecule has 6 rings (SSSR count). The number of rotatable bonds is 27. The maximum Gasteiger partial charge on any atom is 0.232 e. The van der Waals surface area contributed by atoms with Gasteiger partial charge in [0, 0.05) is 99.2 Å². The normalized spacial score (nSPS) is 22.5. The molecule has 494 valence electrons. The Balaban J connectivity index is 1.29. The topological polar surface area (TPSA) is 171 Å². The lowest BCUT2D eigenvalue weighted by Gasteiger charge is -2.50. The summed E-state index contributed by atoms with van der Waals surface area (Å²) in [6.45, 7) is 64.5. The van der Waals surface area contributed by atoms with Gasteiger partial charge in [0.15, 0.2) is 0 Å². The maximum absolute atomic E-state index is 5.77. The van der Waals surface area contributed by atoms with Gasteiger partial charge in [0.05, 0.1) is 0 Å². The van der Waals surface area contributed by atoms with Crippen molar-refractivity contribution in [1.82, 2.24) is 56.5 Å². The van der Waals surface area contributed by atoms with Gasteiger partial charge in [-0.1, -0.05) is 67.2 Å². The van der Waals surface area contributed by atoms with Crippen molar-refractivity contribution in [3.63, 3.8) is 0 Å². The molecule has 4 aliphatic rings. The van der Waals surface area contributed by atoms with Crippen LogP contribution in [-0.4, -0.2) is 136 Å². The number of aromatic nitrogens is 6. The summed E-state index contributed by atoms with van der Waals surface area (Å²) in [5.74, 6) is 3.73. The predicted octanol–water partition coefficient (Wildman–Crippen LogP) is 14.4. The smallest absolute Gasteiger partial charge is 0.232 e. The fourth-order valence-electron chi connectivity index (χ4n) is 17.8. The molecule has 0 spiro atoms. The molecule has 0 aromatic carbocycles. The van der Waals surface area contributed by atoms with E-state index in [9.17, 15) is 0 Å². The third kappa shape index (κ3) is 23.6. The van der Waals surface area contributed by atoms with Gasteiger partial charge < -0.3 is 51.9 Å². The lowest BCUT2D eigenvalue weighted by Crippen LogP contribution is -2.63. The lowest BCUT2D eigenvalue weighted by molar-refractivity contribution is 0.146. The minimum Gasteiger partial charge on any atom is -0.349 e. The fraction of sp³-hybridized carbons (Fsp3) is 0.914. The molecule has 2 aromatic heterocycles. The molecule has 16 nitrogen and oxygen atoms in total. The van der Waals surface area contributed by atoms with Crippen LogP contribution in [0.25, 0.3) is 0 Å². The maximum atomic E-state index is 5.77. The molecule has 0 saturated carbocycles. The Morgan fingerprint density at radius 3 is 1.03 bits per heavy atom. The minimum atomic E-state index is -0.259. The van der Waals surface area contributed by atoms with Crippen molar-refractivity contribution < 1.29 is 0 Å². The van der Waals surface area contributed by atoms with Crippen LogP contribution in [0.1, 0.15) is 296 Å². The Morgan fingerprint density at radius 2 is 0.686 bits per heavy atom. The third-order valence-corrected chi connectivity index (χ3v) is 18.1. The van der Waals surface area contributed by atoms with Crippen LogP contribution in [0.5, 0.6) is 0 Å². The summed E-state index contributed by atoms with van der Waals surface area (Å²) >= 11 is 0. The first-order chi connectivity index (χ1) is 39.1. The van der Waals surface area contributed by atoms with E-state index in [1.807, 2.05) is 0 Å². The van der Waals surface area contributed by atoms with E-state index in [-0.39, 0.29) is 84.3 Å². The van der Waals surface area contributed by atoms with Crippen molar-refractivity contribution in [2.75, 3.05) is 51.5 Å². The highest BCUT2D eigenvalue weighted by Gasteiger charge is 2.45. The highest BCUT2D eigenvalue weighted by molar-refractivity contribution is 5.48. The molecule has 0 unspecified atom stereocenters. The van der Waals surface area contributed by atoms with Crippen LogP contribution in [0.4, 0.5) is 29.7 Å². The fourth-order valence-corrected chi connectivity index (χ4v) is 17.8. The van der Waals surface area contributed by atoms with Crippen molar-refractivity contribution in [2.24, 2.45) is 10.8 Å². The molecular weight excluding hydrogens is 1060 g/mol. The van der Waals surface area contributed by atoms with Gasteiger partial charge in [-0.3, -0.25) is 0 Å². The van der Waals surface area contributed by atoms with E-state index < -0.39 is 0 Å². The Kier molecular flexibility index (Phi) is 22.5. The number of anilines is 5. The zero-order valence-corrected chi connectivity index (χ0v) is 60.5. The minimum absolute atomic E-state index is 0.0284. The van der Waals surface area contributed by atoms with Crippen LogP contribution in [0, 0.1) is 10.8 Å². The van der Waals surface area contributed by atoms with E-state index in [4.69, 9.17) is 24.9 Å². The van der Waals surface area contributed by atoms with Gasteiger partial charge in [0.2, 0.25) is 29.7 Å². The molecular formula is C70H134N16. The first-order valence-corrected chi connectivity index (χ1v) is 34.3. The predicted molar refractivity (Wildman–Crippen MR) is 367 cm³/mol. The number of nitrogens with zero attached hydrogens (tertiary/aromatic N) is 9. The summed E-state index contributed by atoms with van der Waals surface area (Å²) in [7, 11) is 0. The Hall–Kier alpha value is -3.18. The molecule has 4 aliphatic heterocycles. The van der Waals surface area contributed by atoms with Crippen LogP contribution in [0.2, 0.25) is 0 Å². The molecule has 0 bridgehead atoms.